The molecule has 0 aromatic heterocycles. The average molecular weight is 355 g/mol. The number of fused-ring (bicyclic) bond motifs is 2. The Kier molecular flexibility index (Phi) is 3.92. The quantitative estimate of drug-likeness (QED) is 0.613. The lowest BCUT2D eigenvalue weighted by atomic mass is 9.75. The van der Waals surface area contributed by atoms with Gasteiger partial charge in [0.15, 0.2) is 27.2 Å². The standard InChI is InChI=1S/C16H15ClO5S/c1-23(21,22)10-4-5-11(12(17)7-10)16(20)13-14(18)8-2-3-9(6-8)15(13)19/h4-5,7-9,13H,2-3,6H2,1H3/t8-,9+,13?. The number of rotatable bonds is 3. The van der Waals surface area contributed by atoms with Gasteiger partial charge in [-0.05, 0) is 37.5 Å². The minimum atomic E-state index is -3.45. The van der Waals surface area contributed by atoms with Crippen molar-refractivity contribution in [1.29, 1.82) is 0 Å². The first-order valence-electron chi connectivity index (χ1n) is 7.31. The van der Waals surface area contributed by atoms with Gasteiger partial charge >= 0.3 is 0 Å². The van der Waals surface area contributed by atoms with Gasteiger partial charge in [0.05, 0.1) is 9.92 Å². The number of carbonyl (C=O) groups is 3. The lowest BCUT2D eigenvalue weighted by molar-refractivity contribution is -0.137. The van der Waals surface area contributed by atoms with E-state index in [0.717, 1.165) is 6.26 Å². The smallest absolute Gasteiger partial charge is 0.182 e. The van der Waals surface area contributed by atoms with E-state index in [1.165, 1.54) is 18.2 Å². The highest BCUT2D eigenvalue weighted by Gasteiger charge is 2.50. The number of carbonyl (C=O) groups excluding carboxylic acids is 3. The van der Waals surface area contributed by atoms with Gasteiger partial charge in [-0.3, -0.25) is 14.4 Å². The average Bonchev–Trinajstić information content (AvgIpc) is 2.91. The van der Waals surface area contributed by atoms with Gasteiger partial charge in [0.2, 0.25) is 0 Å². The largest absolute Gasteiger partial charge is 0.298 e. The molecular weight excluding hydrogens is 340 g/mol. The van der Waals surface area contributed by atoms with Crippen LogP contribution in [0.3, 0.4) is 0 Å². The minimum absolute atomic E-state index is 0.0135. The van der Waals surface area contributed by atoms with E-state index in [9.17, 15) is 22.8 Å². The van der Waals surface area contributed by atoms with Gasteiger partial charge in [0.1, 0.15) is 5.92 Å². The van der Waals surface area contributed by atoms with E-state index in [1.54, 1.807) is 0 Å². The molecule has 1 aromatic rings. The molecule has 0 radical (unpaired) electrons. The SMILES string of the molecule is CS(=O)(=O)c1ccc(C(=O)C2C(=O)[C@@H]3CC[C@@H](C3)C2=O)c(Cl)c1. The maximum atomic E-state index is 12.6. The molecule has 3 atom stereocenters. The van der Waals surface area contributed by atoms with Crippen LogP contribution in [0.5, 0.6) is 0 Å². The van der Waals surface area contributed by atoms with Crippen LogP contribution in [0.25, 0.3) is 0 Å². The predicted molar refractivity (Wildman–Crippen MR) is 83.2 cm³/mol. The summed E-state index contributed by atoms with van der Waals surface area (Å²) >= 11 is 6.03. The van der Waals surface area contributed by atoms with Crippen molar-refractivity contribution in [2.75, 3.05) is 6.26 Å². The monoisotopic (exact) mass is 354 g/mol. The number of benzene rings is 1. The van der Waals surface area contributed by atoms with Crippen molar-refractivity contribution in [2.24, 2.45) is 17.8 Å². The molecule has 0 heterocycles. The van der Waals surface area contributed by atoms with Crippen molar-refractivity contribution in [3.05, 3.63) is 28.8 Å². The van der Waals surface area contributed by atoms with E-state index in [0.29, 0.717) is 19.3 Å². The third kappa shape index (κ3) is 2.74. The fraction of sp³-hybridized carbons (Fsp3) is 0.438. The second-order valence-electron chi connectivity index (χ2n) is 6.22. The second kappa shape index (κ2) is 5.53. The summed E-state index contributed by atoms with van der Waals surface area (Å²) in [5, 5.41) is -0.0588. The summed E-state index contributed by atoms with van der Waals surface area (Å²) < 4.78 is 23.0. The van der Waals surface area contributed by atoms with Crippen LogP contribution in [-0.4, -0.2) is 32.0 Å². The first kappa shape index (κ1) is 16.3. The van der Waals surface area contributed by atoms with Crippen molar-refractivity contribution in [1.82, 2.24) is 0 Å². The minimum Gasteiger partial charge on any atom is -0.298 e. The number of Topliss-reactive ketones (excluding diaryl/α,β-unsaturated/α-hetero) is 3. The Labute approximate surface area is 138 Å². The van der Waals surface area contributed by atoms with Crippen LogP contribution < -0.4 is 0 Å². The lowest BCUT2D eigenvalue weighted by Gasteiger charge is -2.24. The number of halogens is 1. The van der Waals surface area contributed by atoms with Gasteiger partial charge in [-0.25, -0.2) is 8.42 Å². The van der Waals surface area contributed by atoms with Crippen molar-refractivity contribution in [2.45, 2.75) is 24.2 Å². The zero-order chi connectivity index (χ0) is 16.9. The van der Waals surface area contributed by atoms with Gasteiger partial charge in [0, 0.05) is 23.7 Å². The van der Waals surface area contributed by atoms with Gasteiger partial charge < -0.3 is 0 Å². The molecule has 0 N–H and O–H groups in total. The van der Waals surface area contributed by atoms with Crippen LogP contribution in [0, 0.1) is 17.8 Å². The van der Waals surface area contributed by atoms with Crippen LogP contribution >= 0.6 is 11.6 Å². The zero-order valence-corrected chi connectivity index (χ0v) is 14.0. The third-order valence-corrected chi connectivity index (χ3v) is 6.13. The van der Waals surface area contributed by atoms with Crippen molar-refractivity contribution >= 4 is 38.8 Å². The Morgan fingerprint density at radius 2 is 1.70 bits per heavy atom. The maximum absolute atomic E-state index is 12.6. The van der Waals surface area contributed by atoms with Gasteiger partial charge in [-0.1, -0.05) is 11.6 Å². The van der Waals surface area contributed by atoms with Crippen LogP contribution in [0.2, 0.25) is 5.02 Å². The first-order chi connectivity index (χ1) is 10.7. The summed E-state index contributed by atoms with van der Waals surface area (Å²) in [6.07, 6.45) is 2.88. The molecule has 0 saturated heterocycles. The molecule has 1 unspecified atom stereocenters. The van der Waals surface area contributed by atoms with Gasteiger partial charge in [-0.15, -0.1) is 0 Å². The molecule has 0 amide bonds. The molecule has 2 aliphatic rings. The van der Waals surface area contributed by atoms with Gasteiger partial charge in [0.25, 0.3) is 0 Å². The van der Waals surface area contributed by atoms with E-state index >= 15 is 0 Å². The highest BCUT2D eigenvalue weighted by atomic mass is 35.5. The van der Waals surface area contributed by atoms with Crippen molar-refractivity contribution in [3.63, 3.8) is 0 Å². The van der Waals surface area contributed by atoms with Crippen LogP contribution in [0.1, 0.15) is 29.6 Å². The zero-order valence-electron chi connectivity index (χ0n) is 12.4. The Bertz CT molecular complexity index is 805. The summed E-state index contributed by atoms with van der Waals surface area (Å²) in [5.74, 6) is -3.00. The highest BCUT2D eigenvalue weighted by molar-refractivity contribution is 7.90. The molecule has 2 fully saturated rings. The van der Waals surface area contributed by atoms with E-state index in [2.05, 4.69) is 0 Å². The molecule has 2 bridgehead atoms. The Morgan fingerprint density at radius 1 is 1.13 bits per heavy atom. The maximum Gasteiger partial charge on any atom is 0.182 e. The number of hydrogen-bond donors (Lipinski definition) is 0. The molecule has 5 nitrogen and oxygen atoms in total. The fourth-order valence-corrected chi connectivity index (χ4v) is 4.44. The molecule has 0 aliphatic heterocycles. The van der Waals surface area contributed by atoms with E-state index in [-0.39, 0.29) is 38.9 Å². The lowest BCUT2D eigenvalue weighted by Crippen LogP contribution is -2.41. The van der Waals surface area contributed by atoms with Crippen LogP contribution in [0.15, 0.2) is 23.1 Å². The van der Waals surface area contributed by atoms with Crippen molar-refractivity contribution < 1.29 is 22.8 Å². The topological polar surface area (TPSA) is 85.3 Å². The third-order valence-electron chi connectivity index (χ3n) is 4.70. The number of sulfone groups is 1. The van der Waals surface area contributed by atoms with Crippen molar-refractivity contribution in [3.8, 4) is 0 Å². The fourth-order valence-electron chi connectivity index (χ4n) is 3.45. The number of hydrogen-bond acceptors (Lipinski definition) is 5. The first-order valence-corrected chi connectivity index (χ1v) is 9.58. The van der Waals surface area contributed by atoms with Crippen LogP contribution in [0.4, 0.5) is 0 Å². The summed E-state index contributed by atoms with van der Waals surface area (Å²) in [6.45, 7) is 0. The summed E-state index contributed by atoms with van der Waals surface area (Å²) in [7, 11) is -3.45. The van der Waals surface area contributed by atoms with E-state index in [4.69, 9.17) is 11.6 Å². The molecule has 2 saturated carbocycles. The Balaban J connectivity index is 1.97. The molecule has 23 heavy (non-hydrogen) atoms. The highest BCUT2D eigenvalue weighted by Crippen LogP contribution is 2.41. The molecule has 2 aliphatic carbocycles. The summed E-state index contributed by atoms with van der Waals surface area (Å²) in [4.78, 5) is 37.4. The molecule has 0 spiro atoms. The Hall–Kier alpha value is -1.53. The second-order valence-corrected chi connectivity index (χ2v) is 8.65. The van der Waals surface area contributed by atoms with E-state index in [1.807, 2.05) is 0 Å². The molecular formula is C16H15ClO5S. The molecule has 1 aromatic carbocycles. The molecule has 122 valence electrons. The van der Waals surface area contributed by atoms with E-state index < -0.39 is 21.5 Å². The van der Waals surface area contributed by atoms with Gasteiger partial charge in [-0.2, -0.15) is 0 Å². The summed E-state index contributed by atoms with van der Waals surface area (Å²) in [6, 6.07) is 3.72. The predicted octanol–water partition coefficient (Wildman–Crippen LogP) is 2.11. The summed E-state index contributed by atoms with van der Waals surface area (Å²) in [5.41, 5.74) is 0.0204. The van der Waals surface area contributed by atoms with Crippen LogP contribution in [-0.2, 0) is 19.4 Å². The molecule has 3 rings (SSSR count). The Morgan fingerprint density at radius 3 is 2.17 bits per heavy atom. The normalized spacial score (nSPS) is 27.3. The molecule has 7 heteroatoms. The number of ketones is 3.